The van der Waals surface area contributed by atoms with Gasteiger partial charge in [-0.1, -0.05) is 32.0 Å². The van der Waals surface area contributed by atoms with Gasteiger partial charge in [0, 0.05) is 25.7 Å². The summed E-state index contributed by atoms with van der Waals surface area (Å²) < 4.78 is 52.4. The molecular formula is C17H26N2O4S2. The Labute approximate surface area is 150 Å². The van der Waals surface area contributed by atoms with E-state index in [-0.39, 0.29) is 22.4 Å². The molecule has 2 fully saturated rings. The zero-order valence-corrected chi connectivity index (χ0v) is 16.6. The van der Waals surface area contributed by atoms with E-state index in [0.29, 0.717) is 24.6 Å². The zero-order chi connectivity index (χ0) is 18.4. The lowest BCUT2D eigenvalue weighted by atomic mass is 10.1. The number of rotatable bonds is 4. The molecule has 0 bridgehead atoms. The van der Waals surface area contributed by atoms with Crippen molar-refractivity contribution in [3.63, 3.8) is 0 Å². The first-order chi connectivity index (χ1) is 11.6. The molecule has 2 atom stereocenters. The van der Waals surface area contributed by atoms with Crippen molar-refractivity contribution in [3.05, 3.63) is 29.8 Å². The molecule has 3 rings (SSSR count). The van der Waals surface area contributed by atoms with E-state index < -0.39 is 25.9 Å². The van der Waals surface area contributed by atoms with Crippen molar-refractivity contribution in [2.75, 3.05) is 31.1 Å². The van der Waals surface area contributed by atoms with Gasteiger partial charge in [-0.05, 0) is 24.5 Å². The maximum Gasteiger partial charge on any atom is 0.243 e. The lowest BCUT2D eigenvalue weighted by molar-refractivity contribution is 0.0850. The van der Waals surface area contributed by atoms with Gasteiger partial charge in [-0.3, -0.25) is 4.90 Å². The number of aryl methyl sites for hydroxylation is 1. The lowest BCUT2D eigenvalue weighted by Crippen LogP contribution is -2.61. The topological polar surface area (TPSA) is 74.8 Å². The largest absolute Gasteiger partial charge is 0.296 e. The van der Waals surface area contributed by atoms with Crippen molar-refractivity contribution in [2.45, 2.75) is 37.8 Å². The molecule has 0 spiro atoms. The summed E-state index contributed by atoms with van der Waals surface area (Å²) >= 11 is 0. The van der Waals surface area contributed by atoms with Gasteiger partial charge in [0.15, 0.2) is 9.84 Å². The number of sulfonamides is 1. The summed E-state index contributed by atoms with van der Waals surface area (Å²) in [6, 6.07) is 6.13. The fourth-order valence-electron chi connectivity index (χ4n) is 3.96. The molecule has 2 heterocycles. The lowest BCUT2D eigenvalue weighted by Gasteiger charge is -2.43. The van der Waals surface area contributed by atoms with Crippen LogP contribution in [0.25, 0.3) is 0 Å². The number of nitrogens with zero attached hydrogens (tertiary/aromatic N) is 2. The Morgan fingerprint density at radius 2 is 1.76 bits per heavy atom. The molecule has 0 amide bonds. The third-order valence-electron chi connectivity index (χ3n) is 5.02. The molecule has 2 aliphatic heterocycles. The second-order valence-electron chi connectivity index (χ2n) is 7.48. The highest BCUT2D eigenvalue weighted by atomic mass is 32.2. The predicted molar refractivity (Wildman–Crippen MR) is 97.7 cm³/mol. The molecule has 25 heavy (non-hydrogen) atoms. The van der Waals surface area contributed by atoms with Gasteiger partial charge in [0.25, 0.3) is 0 Å². The zero-order valence-electron chi connectivity index (χ0n) is 14.9. The second kappa shape index (κ2) is 6.64. The number of piperazine rings is 1. The number of hydrogen-bond acceptors (Lipinski definition) is 5. The second-order valence-corrected chi connectivity index (χ2v) is 11.5. The molecule has 0 aromatic heterocycles. The first-order valence-corrected chi connectivity index (χ1v) is 11.9. The quantitative estimate of drug-likeness (QED) is 0.775. The summed E-state index contributed by atoms with van der Waals surface area (Å²) in [4.78, 5) is 2.43. The summed E-state index contributed by atoms with van der Waals surface area (Å²) in [5.41, 5.74) is 0.685. The van der Waals surface area contributed by atoms with Crippen LogP contribution in [0.15, 0.2) is 29.2 Å². The predicted octanol–water partition coefficient (Wildman–Crippen LogP) is 1.12. The average molecular weight is 387 g/mol. The van der Waals surface area contributed by atoms with Crippen molar-refractivity contribution in [2.24, 2.45) is 5.92 Å². The van der Waals surface area contributed by atoms with Crippen LogP contribution in [-0.2, 0) is 19.9 Å². The highest BCUT2D eigenvalue weighted by Crippen LogP contribution is 2.32. The molecule has 1 aromatic rings. The van der Waals surface area contributed by atoms with E-state index in [1.54, 1.807) is 31.2 Å². The molecule has 6 nitrogen and oxygen atoms in total. The van der Waals surface area contributed by atoms with Crippen molar-refractivity contribution < 1.29 is 16.8 Å². The summed E-state index contributed by atoms with van der Waals surface area (Å²) in [6.07, 6.45) is 0. The van der Waals surface area contributed by atoms with Crippen molar-refractivity contribution in [1.82, 2.24) is 9.21 Å². The number of fused-ring (bicyclic) bond motifs is 1. The Hall–Kier alpha value is -0.960. The minimum Gasteiger partial charge on any atom is -0.296 e. The van der Waals surface area contributed by atoms with E-state index in [4.69, 9.17) is 0 Å². The maximum absolute atomic E-state index is 13.2. The molecule has 0 unspecified atom stereocenters. The van der Waals surface area contributed by atoms with Crippen LogP contribution in [0.5, 0.6) is 0 Å². The van der Waals surface area contributed by atoms with Crippen molar-refractivity contribution in [3.8, 4) is 0 Å². The SMILES string of the molecule is Cc1ccccc1S(=O)(=O)N1CCN(CC(C)C)[C@@H]2CS(=O)(=O)C[C@@H]21. The van der Waals surface area contributed by atoms with Gasteiger partial charge in [-0.2, -0.15) is 4.31 Å². The van der Waals surface area contributed by atoms with Crippen molar-refractivity contribution in [1.29, 1.82) is 0 Å². The van der Waals surface area contributed by atoms with Gasteiger partial charge in [-0.15, -0.1) is 0 Å². The van der Waals surface area contributed by atoms with Gasteiger partial charge in [0.1, 0.15) is 0 Å². The molecule has 1 aromatic carbocycles. The van der Waals surface area contributed by atoms with Crippen LogP contribution in [-0.4, -0.2) is 69.3 Å². The van der Waals surface area contributed by atoms with E-state index in [2.05, 4.69) is 18.7 Å². The molecule has 0 aliphatic carbocycles. The molecule has 8 heteroatoms. The molecule has 0 saturated carbocycles. The molecule has 2 saturated heterocycles. The van der Waals surface area contributed by atoms with E-state index in [1.807, 2.05) is 0 Å². The van der Waals surface area contributed by atoms with E-state index >= 15 is 0 Å². The minimum atomic E-state index is -3.71. The molecule has 2 aliphatic rings. The molecule has 0 N–H and O–H groups in total. The van der Waals surface area contributed by atoms with Crippen LogP contribution < -0.4 is 0 Å². The standard InChI is InChI=1S/C17H26N2O4S2/c1-13(2)10-18-8-9-19(16-12-24(20,21)11-15(16)18)25(22,23)17-7-5-4-6-14(17)3/h4-7,13,15-16H,8-12H2,1-3H3/t15-,16+/m1/s1. The fourth-order valence-corrected chi connectivity index (χ4v) is 7.94. The third-order valence-corrected chi connectivity index (χ3v) is 8.80. The molecular weight excluding hydrogens is 360 g/mol. The van der Waals surface area contributed by atoms with Crippen LogP contribution in [0.3, 0.4) is 0 Å². The van der Waals surface area contributed by atoms with Crippen LogP contribution in [0.1, 0.15) is 19.4 Å². The molecule has 140 valence electrons. The Balaban J connectivity index is 1.97. The van der Waals surface area contributed by atoms with E-state index in [9.17, 15) is 16.8 Å². The number of hydrogen-bond donors (Lipinski definition) is 0. The monoisotopic (exact) mass is 386 g/mol. The van der Waals surface area contributed by atoms with Gasteiger partial charge in [-0.25, -0.2) is 16.8 Å². The summed E-state index contributed by atoms with van der Waals surface area (Å²) in [5, 5.41) is 0. The number of benzene rings is 1. The highest BCUT2D eigenvalue weighted by molar-refractivity contribution is 7.92. The van der Waals surface area contributed by atoms with Gasteiger partial charge < -0.3 is 0 Å². The maximum atomic E-state index is 13.2. The van der Waals surface area contributed by atoms with Gasteiger partial charge >= 0.3 is 0 Å². The normalized spacial score (nSPS) is 27.5. The Morgan fingerprint density at radius 1 is 1.12 bits per heavy atom. The smallest absolute Gasteiger partial charge is 0.243 e. The Bertz CT molecular complexity index is 849. The van der Waals surface area contributed by atoms with Gasteiger partial charge in [0.05, 0.1) is 22.4 Å². The Morgan fingerprint density at radius 3 is 2.40 bits per heavy atom. The Kier molecular flexibility index (Phi) is 5.00. The fraction of sp³-hybridized carbons (Fsp3) is 0.647. The van der Waals surface area contributed by atoms with E-state index in [0.717, 1.165) is 6.54 Å². The highest BCUT2D eigenvalue weighted by Gasteiger charge is 2.50. The van der Waals surface area contributed by atoms with Crippen LogP contribution >= 0.6 is 0 Å². The minimum absolute atomic E-state index is 0.0458. The summed E-state index contributed by atoms with van der Waals surface area (Å²) in [5.74, 6) is 0.366. The number of sulfone groups is 1. The van der Waals surface area contributed by atoms with Crippen molar-refractivity contribution >= 4 is 19.9 Å². The summed E-state index contributed by atoms with van der Waals surface area (Å²) in [7, 11) is -6.94. The summed E-state index contributed by atoms with van der Waals surface area (Å²) in [6.45, 7) is 7.64. The first-order valence-electron chi connectivity index (χ1n) is 8.64. The van der Waals surface area contributed by atoms with Crippen LogP contribution in [0.4, 0.5) is 0 Å². The average Bonchev–Trinajstić information content (AvgIpc) is 2.82. The third kappa shape index (κ3) is 3.63. The molecule has 0 radical (unpaired) electrons. The van der Waals surface area contributed by atoms with Crippen LogP contribution in [0.2, 0.25) is 0 Å². The van der Waals surface area contributed by atoms with E-state index in [1.165, 1.54) is 4.31 Å². The first kappa shape index (κ1) is 18.8. The van der Waals surface area contributed by atoms with Gasteiger partial charge in [0.2, 0.25) is 10.0 Å². The van der Waals surface area contributed by atoms with Crippen LogP contribution in [0, 0.1) is 12.8 Å².